The lowest BCUT2D eigenvalue weighted by atomic mass is 9.73. The number of imidazole rings is 1. The Labute approximate surface area is 179 Å². The van der Waals surface area contributed by atoms with Crippen molar-refractivity contribution >= 4 is 40.1 Å². The lowest BCUT2D eigenvalue weighted by Crippen LogP contribution is -2.50. The van der Waals surface area contributed by atoms with Crippen molar-refractivity contribution in [3.63, 3.8) is 0 Å². The summed E-state index contributed by atoms with van der Waals surface area (Å²) < 4.78 is 5.84. The third kappa shape index (κ3) is 3.01. The minimum atomic E-state index is 0.0806. The van der Waals surface area contributed by atoms with Crippen LogP contribution >= 0.6 is 23.2 Å². The van der Waals surface area contributed by atoms with E-state index < -0.39 is 0 Å². The summed E-state index contributed by atoms with van der Waals surface area (Å²) >= 11 is 12.7. The van der Waals surface area contributed by atoms with E-state index in [1.54, 1.807) is 12.4 Å². The smallest absolute Gasteiger partial charge is 0.154 e. The number of piperidine rings is 1. The number of H-pyrrole nitrogens is 1. The van der Waals surface area contributed by atoms with Gasteiger partial charge in [0, 0.05) is 41.9 Å². The molecule has 1 aromatic carbocycles. The quantitative estimate of drug-likeness (QED) is 0.633. The van der Waals surface area contributed by atoms with Gasteiger partial charge in [0.15, 0.2) is 5.82 Å². The lowest BCUT2D eigenvalue weighted by Gasteiger charge is -2.41. The molecule has 2 saturated heterocycles. The standard InChI is InChI=1S/C21H23Cl2N5O/c1-12-19(24)21(10-29-12)5-7-28(8-6-21)20-18-17(26-11-27-18)14(9-25-20)13-3-2-4-15(22)16(13)23/h2-4,9,11-12,19H,5-8,10,24H2,1H3,(H,26,27)/t12-,19?/m0/s1. The molecule has 3 aromatic rings. The second-order valence-corrected chi connectivity index (χ2v) is 8.90. The molecule has 0 saturated carbocycles. The van der Waals surface area contributed by atoms with E-state index in [9.17, 15) is 0 Å². The van der Waals surface area contributed by atoms with Gasteiger partial charge in [0.2, 0.25) is 0 Å². The van der Waals surface area contributed by atoms with Crippen LogP contribution in [-0.2, 0) is 4.74 Å². The SMILES string of the molecule is C[C@@H]1OCC2(CCN(c3ncc(-c4cccc(Cl)c4Cl)c4nc[nH]c34)CC2)C1N. The molecule has 3 N–H and O–H groups in total. The summed E-state index contributed by atoms with van der Waals surface area (Å²) in [5, 5.41) is 1.03. The number of nitrogens with one attached hydrogen (secondary N) is 1. The molecular formula is C21H23Cl2N5O. The van der Waals surface area contributed by atoms with E-state index in [1.807, 2.05) is 18.3 Å². The van der Waals surface area contributed by atoms with E-state index in [0.717, 1.165) is 60.5 Å². The molecule has 2 aliphatic rings. The number of fused-ring (bicyclic) bond motifs is 1. The van der Waals surface area contributed by atoms with Crippen LogP contribution in [0.25, 0.3) is 22.2 Å². The zero-order valence-corrected chi connectivity index (χ0v) is 17.7. The molecule has 2 atom stereocenters. The van der Waals surface area contributed by atoms with Gasteiger partial charge in [0.25, 0.3) is 0 Å². The van der Waals surface area contributed by atoms with Crippen molar-refractivity contribution in [2.45, 2.75) is 31.9 Å². The average Bonchev–Trinajstić information content (AvgIpc) is 3.32. The number of halogens is 2. The summed E-state index contributed by atoms with van der Waals surface area (Å²) in [6.07, 6.45) is 5.66. The van der Waals surface area contributed by atoms with Gasteiger partial charge >= 0.3 is 0 Å². The van der Waals surface area contributed by atoms with Crippen LogP contribution in [0.4, 0.5) is 5.82 Å². The van der Waals surface area contributed by atoms with Crippen LogP contribution < -0.4 is 10.6 Å². The van der Waals surface area contributed by atoms with Crippen molar-refractivity contribution in [3.8, 4) is 11.1 Å². The first-order valence-electron chi connectivity index (χ1n) is 9.89. The molecule has 0 bridgehead atoms. The second-order valence-electron chi connectivity index (χ2n) is 8.11. The van der Waals surface area contributed by atoms with Crippen molar-refractivity contribution < 1.29 is 4.74 Å². The van der Waals surface area contributed by atoms with E-state index in [-0.39, 0.29) is 17.6 Å². The predicted molar refractivity (Wildman–Crippen MR) is 117 cm³/mol. The number of nitrogens with two attached hydrogens (primary N) is 1. The topological polar surface area (TPSA) is 80.1 Å². The first kappa shape index (κ1) is 19.1. The van der Waals surface area contributed by atoms with Gasteiger partial charge < -0.3 is 20.4 Å². The molecule has 4 heterocycles. The van der Waals surface area contributed by atoms with E-state index in [0.29, 0.717) is 10.0 Å². The van der Waals surface area contributed by atoms with Crippen LogP contribution in [0.2, 0.25) is 10.0 Å². The van der Waals surface area contributed by atoms with Crippen LogP contribution in [0.15, 0.2) is 30.7 Å². The summed E-state index contributed by atoms with van der Waals surface area (Å²) in [5.41, 5.74) is 9.99. The Morgan fingerprint density at radius 2 is 2.00 bits per heavy atom. The maximum atomic E-state index is 6.46. The molecule has 152 valence electrons. The molecule has 1 unspecified atom stereocenters. The number of ether oxygens (including phenoxy) is 1. The van der Waals surface area contributed by atoms with Crippen LogP contribution in [0, 0.1) is 5.41 Å². The molecule has 2 fully saturated rings. The monoisotopic (exact) mass is 431 g/mol. The zero-order chi connectivity index (χ0) is 20.2. The largest absolute Gasteiger partial charge is 0.376 e. The lowest BCUT2D eigenvalue weighted by molar-refractivity contribution is 0.0974. The summed E-state index contributed by atoms with van der Waals surface area (Å²) in [7, 11) is 0. The summed E-state index contributed by atoms with van der Waals surface area (Å²) in [6.45, 7) is 4.60. The zero-order valence-electron chi connectivity index (χ0n) is 16.2. The normalized spacial score (nSPS) is 23.9. The number of hydrogen-bond acceptors (Lipinski definition) is 5. The highest BCUT2D eigenvalue weighted by atomic mass is 35.5. The molecule has 0 radical (unpaired) electrons. The average molecular weight is 432 g/mol. The molecule has 6 nitrogen and oxygen atoms in total. The molecular weight excluding hydrogens is 409 g/mol. The van der Waals surface area contributed by atoms with Crippen LogP contribution in [0.1, 0.15) is 19.8 Å². The van der Waals surface area contributed by atoms with Gasteiger partial charge in [0.1, 0.15) is 11.0 Å². The fraction of sp³-hybridized carbons (Fsp3) is 0.429. The maximum Gasteiger partial charge on any atom is 0.154 e. The highest BCUT2D eigenvalue weighted by Gasteiger charge is 2.47. The molecule has 29 heavy (non-hydrogen) atoms. The fourth-order valence-electron chi connectivity index (χ4n) is 4.71. The Balaban J connectivity index is 1.47. The van der Waals surface area contributed by atoms with Crippen LogP contribution in [0.3, 0.4) is 0 Å². The maximum absolute atomic E-state index is 6.46. The molecule has 5 rings (SSSR count). The summed E-state index contributed by atoms with van der Waals surface area (Å²) in [5.74, 6) is 0.912. The molecule has 0 aliphatic carbocycles. The number of aromatic amines is 1. The summed E-state index contributed by atoms with van der Waals surface area (Å²) in [6, 6.07) is 5.69. The fourth-order valence-corrected chi connectivity index (χ4v) is 5.11. The second kappa shape index (κ2) is 7.13. The van der Waals surface area contributed by atoms with E-state index in [2.05, 4.69) is 21.8 Å². The van der Waals surface area contributed by atoms with Gasteiger partial charge in [-0.15, -0.1) is 0 Å². The van der Waals surface area contributed by atoms with E-state index in [1.165, 1.54) is 0 Å². The van der Waals surface area contributed by atoms with Gasteiger partial charge in [-0.1, -0.05) is 35.3 Å². The van der Waals surface area contributed by atoms with Crippen LogP contribution in [0.5, 0.6) is 0 Å². The number of aromatic nitrogens is 3. The van der Waals surface area contributed by atoms with Gasteiger partial charge in [-0.3, -0.25) is 0 Å². The Bertz CT molecular complexity index is 1060. The van der Waals surface area contributed by atoms with Crippen molar-refractivity contribution in [1.29, 1.82) is 0 Å². The van der Waals surface area contributed by atoms with E-state index in [4.69, 9.17) is 38.7 Å². The van der Waals surface area contributed by atoms with Gasteiger partial charge in [-0.05, 0) is 25.8 Å². The third-order valence-electron chi connectivity index (χ3n) is 6.58. The van der Waals surface area contributed by atoms with Gasteiger partial charge in [-0.25, -0.2) is 9.97 Å². The number of hydrogen-bond donors (Lipinski definition) is 2. The van der Waals surface area contributed by atoms with Crippen LogP contribution in [-0.4, -0.2) is 46.8 Å². The molecule has 2 aromatic heterocycles. The number of benzene rings is 1. The first-order valence-corrected chi connectivity index (χ1v) is 10.6. The third-order valence-corrected chi connectivity index (χ3v) is 7.40. The predicted octanol–water partition coefficient (Wildman–Crippen LogP) is 4.26. The Morgan fingerprint density at radius 1 is 1.21 bits per heavy atom. The molecule has 2 aliphatic heterocycles. The first-order chi connectivity index (χ1) is 14.0. The Morgan fingerprint density at radius 3 is 2.72 bits per heavy atom. The van der Waals surface area contributed by atoms with Crippen molar-refractivity contribution in [3.05, 3.63) is 40.8 Å². The molecule has 8 heteroatoms. The van der Waals surface area contributed by atoms with Gasteiger partial charge in [-0.2, -0.15) is 0 Å². The summed E-state index contributed by atoms with van der Waals surface area (Å²) in [4.78, 5) is 14.9. The highest BCUT2D eigenvalue weighted by molar-refractivity contribution is 6.43. The van der Waals surface area contributed by atoms with Crippen molar-refractivity contribution in [2.24, 2.45) is 11.1 Å². The van der Waals surface area contributed by atoms with E-state index >= 15 is 0 Å². The molecule has 1 spiro atoms. The number of nitrogens with zero attached hydrogens (tertiary/aromatic N) is 3. The highest BCUT2D eigenvalue weighted by Crippen LogP contribution is 2.43. The minimum Gasteiger partial charge on any atom is -0.376 e. The molecule has 0 amide bonds. The van der Waals surface area contributed by atoms with Crippen molar-refractivity contribution in [2.75, 3.05) is 24.6 Å². The number of anilines is 1. The van der Waals surface area contributed by atoms with Crippen molar-refractivity contribution in [1.82, 2.24) is 15.0 Å². The Kier molecular flexibility index (Phi) is 4.70. The van der Waals surface area contributed by atoms with Gasteiger partial charge in [0.05, 0.1) is 29.1 Å². The minimum absolute atomic E-state index is 0.0806. The number of rotatable bonds is 2. The number of pyridine rings is 1. The Hall–Kier alpha value is -1.86.